The highest BCUT2D eigenvalue weighted by atomic mass is 16.3. The van der Waals surface area contributed by atoms with Crippen LogP contribution < -0.4 is 5.73 Å². The van der Waals surface area contributed by atoms with E-state index in [4.69, 9.17) is 5.73 Å². The molecule has 0 bridgehead atoms. The Morgan fingerprint density at radius 1 is 1.00 bits per heavy atom. The third-order valence-electron chi connectivity index (χ3n) is 4.03. The fourth-order valence-electron chi connectivity index (χ4n) is 3.11. The summed E-state index contributed by atoms with van der Waals surface area (Å²) in [6, 6.07) is 2.31. The minimum absolute atomic E-state index is 0.401. The molecule has 2 nitrogen and oxygen atoms in total. The smallest absolute Gasteiger partial charge is 0.0767 e. The fraction of sp³-hybridized carbons (Fsp3) is 0.667. The molecule has 0 radical (unpaired) electrons. The standard InChI is InChI=1S/C18H31NO/c1-7-8-14-15(11(2)3)9-16(12(4)5)18(13(6)20)17(14)10-19/h9,11-13,20H,7-8,10,19H2,1-6H3. The lowest BCUT2D eigenvalue weighted by Crippen LogP contribution is -2.15. The Labute approximate surface area is 124 Å². The fourth-order valence-corrected chi connectivity index (χ4v) is 3.11. The van der Waals surface area contributed by atoms with Crippen LogP contribution in [0.25, 0.3) is 0 Å². The summed E-state index contributed by atoms with van der Waals surface area (Å²) >= 11 is 0. The molecule has 0 aromatic heterocycles. The van der Waals surface area contributed by atoms with Crippen LogP contribution in [0.5, 0.6) is 0 Å². The summed E-state index contributed by atoms with van der Waals surface area (Å²) in [6.45, 7) is 13.4. The third-order valence-corrected chi connectivity index (χ3v) is 4.03. The van der Waals surface area contributed by atoms with E-state index in [9.17, 15) is 5.11 Å². The molecular formula is C18H31NO. The van der Waals surface area contributed by atoms with Gasteiger partial charge in [0.15, 0.2) is 0 Å². The highest BCUT2D eigenvalue weighted by Gasteiger charge is 2.22. The topological polar surface area (TPSA) is 46.2 Å². The summed E-state index contributed by atoms with van der Waals surface area (Å²) < 4.78 is 0. The van der Waals surface area contributed by atoms with Crippen LogP contribution >= 0.6 is 0 Å². The zero-order valence-corrected chi connectivity index (χ0v) is 14.0. The molecule has 0 heterocycles. The molecule has 114 valence electrons. The number of aliphatic hydroxyl groups is 1. The van der Waals surface area contributed by atoms with Crippen molar-refractivity contribution in [3.63, 3.8) is 0 Å². The number of aliphatic hydroxyl groups excluding tert-OH is 1. The Bertz CT molecular complexity index is 447. The molecule has 0 saturated heterocycles. The first-order valence-electron chi connectivity index (χ1n) is 7.91. The van der Waals surface area contributed by atoms with Crippen LogP contribution in [0.1, 0.15) is 93.7 Å². The van der Waals surface area contributed by atoms with Gasteiger partial charge >= 0.3 is 0 Å². The van der Waals surface area contributed by atoms with E-state index in [2.05, 4.69) is 40.7 Å². The molecule has 2 heteroatoms. The van der Waals surface area contributed by atoms with Crippen molar-refractivity contribution in [1.29, 1.82) is 0 Å². The Kier molecular flexibility index (Phi) is 6.22. The van der Waals surface area contributed by atoms with Crippen LogP contribution in [0.3, 0.4) is 0 Å². The van der Waals surface area contributed by atoms with Crippen molar-refractivity contribution in [2.75, 3.05) is 0 Å². The van der Waals surface area contributed by atoms with Crippen molar-refractivity contribution in [2.45, 2.75) is 78.9 Å². The summed E-state index contributed by atoms with van der Waals surface area (Å²) in [5.41, 5.74) is 12.3. The maximum atomic E-state index is 10.2. The monoisotopic (exact) mass is 277 g/mol. The maximum absolute atomic E-state index is 10.2. The molecule has 0 aliphatic rings. The van der Waals surface area contributed by atoms with Gasteiger partial charge in [-0.1, -0.05) is 47.1 Å². The second kappa shape index (κ2) is 7.24. The normalized spacial score (nSPS) is 13.3. The third kappa shape index (κ3) is 3.42. The zero-order chi connectivity index (χ0) is 15.4. The second-order valence-electron chi connectivity index (χ2n) is 6.37. The van der Waals surface area contributed by atoms with E-state index in [1.54, 1.807) is 0 Å². The van der Waals surface area contributed by atoms with E-state index in [-0.39, 0.29) is 0 Å². The first kappa shape index (κ1) is 17.2. The van der Waals surface area contributed by atoms with E-state index in [0.717, 1.165) is 18.4 Å². The molecule has 0 aliphatic carbocycles. The van der Waals surface area contributed by atoms with Crippen molar-refractivity contribution in [3.8, 4) is 0 Å². The minimum Gasteiger partial charge on any atom is -0.389 e. The van der Waals surface area contributed by atoms with Crippen molar-refractivity contribution < 1.29 is 5.11 Å². The van der Waals surface area contributed by atoms with Gasteiger partial charge in [-0.15, -0.1) is 0 Å². The first-order valence-corrected chi connectivity index (χ1v) is 7.91. The SMILES string of the molecule is CCCc1c(C(C)C)cc(C(C)C)c(C(C)O)c1CN. The quantitative estimate of drug-likeness (QED) is 0.809. The van der Waals surface area contributed by atoms with E-state index in [1.807, 2.05) is 6.92 Å². The molecule has 1 atom stereocenters. The first-order chi connectivity index (χ1) is 9.34. The Morgan fingerprint density at radius 3 is 1.90 bits per heavy atom. The van der Waals surface area contributed by atoms with Gasteiger partial charge in [0.2, 0.25) is 0 Å². The van der Waals surface area contributed by atoms with Crippen molar-refractivity contribution >= 4 is 0 Å². The van der Waals surface area contributed by atoms with Crippen LogP contribution in [0, 0.1) is 0 Å². The van der Waals surface area contributed by atoms with Gasteiger partial charge in [-0.3, -0.25) is 0 Å². The van der Waals surface area contributed by atoms with Gasteiger partial charge in [0.1, 0.15) is 0 Å². The Morgan fingerprint density at radius 2 is 1.55 bits per heavy atom. The average Bonchev–Trinajstić information content (AvgIpc) is 2.37. The number of hydrogen-bond donors (Lipinski definition) is 2. The molecule has 1 unspecified atom stereocenters. The largest absolute Gasteiger partial charge is 0.389 e. The molecule has 0 fully saturated rings. The van der Waals surface area contributed by atoms with Gasteiger partial charge in [0, 0.05) is 6.54 Å². The maximum Gasteiger partial charge on any atom is 0.0767 e. The van der Waals surface area contributed by atoms with E-state index in [1.165, 1.54) is 22.3 Å². The number of rotatable bonds is 6. The number of benzene rings is 1. The number of hydrogen-bond acceptors (Lipinski definition) is 2. The van der Waals surface area contributed by atoms with Crippen LogP contribution in [0.4, 0.5) is 0 Å². The van der Waals surface area contributed by atoms with Crippen LogP contribution in [0.15, 0.2) is 6.07 Å². The second-order valence-corrected chi connectivity index (χ2v) is 6.37. The highest BCUT2D eigenvalue weighted by Crippen LogP contribution is 2.36. The van der Waals surface area contributed by atoms with Gasteiger partial charge in [-0.2, -0.15) is 0 Å². The van der Waals surface area contributed by atoms with Crippen molar-refractivity contribution in [3.05, 3.63) is 33.9 Å². The summed E-state index contributed by atoms with van der Waals surface area (Å²) in [5.74, 6) is 0.889. The van der Waals surface area contributed by atoms with E-state index in [0.29, 0.717) is 18.4 Å². The van der Waals surface area contributed by atoms with Crippen molar-refractivity contribution in [2.24, 2.45) is 5.73 Å². The number of nitrogens with two attached hydrogens (primary N) is 1. The molecule has 20 heavy (non-hydrogen) atoms. The van der Waals surface area contributed by atoms with E-state index >= 15 is 0 Å². The Balaban J connectivity index is 3.69. The zero-order valence-electron chi connectivity index (χ0n) is 14.0. The molecule has 0 amide bonds. The van der Waals surface area contributed by atoms with Crippen molar-refractivity contribution in [1.82, 2.24) is 0 Å². The molecule has 0 spiro atoms. The lowest BCUT2D eigenvalue weighted by Gasteiger charge is -2.26. The molecule has 0 saturated carbocycles. The van der Waals surface area contributed by atoms with Gasteiger partial charge in [0.25, 0.3) is 0 Å². The predicted octanol–water partition coefficient (Wildman–Crippen LogP) is 4.40. The molecule has 0 aliphatic heterocycles. The average molecular weight is 277 g/mol. The molecule has 1 aromatic rings. The van der Waals surface area contributed by atoms with Crippen LogP contribution in [0.2, 0.25) is 0 Å². The van der Waals surface area contributed by atoms with Gasteiger partial charge < -0.3 is 10.8 Å². The van der Waals surface area contributed by atoms with Crippen LogP contribution in [-0.4, -0.2) is 5.11 Å². The summed E-state index contributed by atoms with van der Waals surface area (Å²) in [6.07, 6.45) is 1.69. The summed E-state index contributed by atoms with van der Waals surface area (Å²) in [5, 5.41) is 10.2. The van der Waals surface area contributed by atoms with E-state index < -0.39 is 6.10 Å². The van der Waals surface area contributed by atoms with Gasteiger partial charge in [-0.25, -0.2) is 0 Å². The molecular weight excluding hydrogens is 246 g/mol. The molecule has 1 rings (SSSR count). The summed E-state index contributed by atoms with van der Waals surface area (Å²) in [7, 11) is 0. The van der Waals surface area contributed by atoms with Gasteiger partial charge in [0.05, 0.1) is 6.10 Å². The molecule has 3 N–H and O–H groups in total. The van der Waals surface area contributed by atoms with Gasteiger partial charge in [-0.05, 0) is 53.0 Å². The minimum atomic E-state index is -0.456. The highest BCUT2D eigenvalue weighted by molar-refractivity contribution is 5.49. The lowest BCUT2D eigenvalue weighted by molar-refractivity contribution is 0.196. The molecule has 1 aromatic carbocycles. The Hall–Kier alpha value is -0.860. The predicted molar refractivity (Wildman–Crippen MR) is 87.1 cm³/mol. The summed E-state index contributed by atoms with van der Waals surface area (Å²) in [4.78, 5) is 0. The van der Waals surface area contributed by atoms with Crippen LogP contribution in [-0.2, 0) is 13.0 Å². The lowest BCUT2D eigenvalue weighted by atomic mass is 9.81.